The van der Waals surface area contributed by atoms with E-state index in [-0.39, 0.29) is 23.8 Å². The van der Waals surface area contributed by atoms with Crippen LogP contribution in [-0.2, 0) is 24.8 Å². The normalized spacial score (nSPS) is 14.7. The number of hydrogen-bond acceptors (Lipinski definition) is 6. The molecule has 0 spiro atoms. The van der Waals surface area contributed by atoms with Gasteiger partial charge >= 0.3 is 0 Å². The Morgan fingerprint density at radius 1 is 1.06 bits per heavy atom. The van der Waals surface area contributed by atoms with Gasteiger partial charge in [0.2, 0.25) is 26.0 Å². The molecule has 0 aromatic heterocycles. The third kappa shape index (κ3) is 6.46. The van der Waals surface area contributed by atoms with Crippen LogP contribution in [0.3, 0.4) is 0 Å². The fourth-order valence-electron chi connectivity index (χ4n) is 3.65. The zero-order chi connectivity index (χ0) is 24.1. The first-order valence-corrected chi connectivity index (χ1v) is 13.9. The van der Waals surface area contributed by atoms with Gasteiger partial charge in [0.15, 0.2) is 0 Å². The molecular formula is C22H29N3O6S2. The van der Waals surface area contributed by atoms with E-state index in [1.54, 1.807) is 36.4 Å². The van der Waals surface area contributed by atoms with Crippen molar-refractivity contribution >= 4 is 37.3 Å². The smallest absolute Gasteiger partial charge is 0.243 e. The number of anilines is 2. The van der Waals surface area contributed by atoms with E-state index in [1.807, 2.05) is 0 Å². The maximum atomic E-state index is 12.6. The van der Waals surface area contributed by atoms with E-state index < -0.39 is 20.0 Å². The molecule has 9 nitrogen and oxygen atoms in total. The molecule has 2 aromatic rings. The minimum Gasteiger partial charge on any atom is -0.497 e. The average Bonchev–Trinajstić information content (AvgIpc) is 3.32. The van der Waals surface area contributed by atoms with E-state index in [0.717, 1.165) is 19.1 Å². The SMILES string of the molecule is COc1cccc(N(CCCC(=O)Nc2ccc(S(=O)(=O)N3CCCC3)cc2)S(C)(=O)=O)c1. The highest BCUT2D eigenvalue weighted by molar-refractivity contribution is 7.92. The zero-order valence-corrected chi connectivity index (χ0v) is 20.4. The molecule has 1 N–H and O–H groups in total. The van der Waals surface area contributed by atoms with Crippen molar-refractivity contribution in [1.29, 1.82) is 0 Å². The second-order valence-electron chi connectivity index (χ2n) is 7.82. The molecule has 1 aliphatic rings. The van der Waals surface area contributed by atoms with Crippen molar-refractivity contribution in [3.05, 3.63) is 48.5 Å². The number of amides is 1. The molecule has 33 heavy (non-hydrogen) atoms. The van der Waals surface area contributed by atoms with Crippen molar-refractivity contribution in [3.63, 3.8) is 0 Å². The molecule has 11 heteroatoms. The second kappa shape index (κ2) is 10.5. The van der Waals surface area contributed by atoms with Gasteiger partial charge < -0.3 is 10.1 Å². The molecule has 1 aliphatic heterocycles. The molecule has 0 atom stereocenters. The number of nitrogens with zero attached hydrogens (tertiary/aromatic N) is 2. The van der Waals surface area contributed by atoms with Crippen LogP contribution in [0.25, 0.3) is 0 Å². The molecule has 0 bridgehead atoms. The Bertz CT molecular complexity index is 1170. The van der Waals surface area contributed by atoms with Gasteiger partial charge in [0.1, 0.15) is 5.75 Å². The molecule has 0 aliphatic carbocycles. The molecule has 2 aromatic carbocycles. The third-order valence-corrected chi connectivity index (χ3v) is 8.45. The summed E-state index contributed by atoms with van der Waals surface area (Å²) >= 11 is 0. The van der Waals surface area contributed by atoms with Crippen LogP contribution in [0.15, 0.2) is 53.4 Å². The highest BCUT2D eigenvalue weighted by atomic mass is 32.2. The van der Waals surface area contributed by atoms with Gasteiger partial charge in [-0.2, -0.15) is 4.31 Å². The van der Waals surface area contributed by atoms with Gasteiger partial charge in [-0.15, -0.1) is 0 Å². The van der Waals surface area contributed by atoms with Crippen LogP contribution in [0.1, 0.15) is 25.7 Å². The van der Waals surface area contributed by atoms with Crippen molar-refractivity contribution in [2.75, 3.05) is 42.6 Å². The lowest BCUT2D eigenvalue weighted by Crippen LogP contribution is -2.31. The summed E-state index contributed by atoms with van der Waals surface area (Å²) in [5.41, 5.74) is 0.945. The summed E-state index contributed by atoms with van der Waals surface area (Å²) in [6.07, 6.45) is 3.25. The second-order valence-corrected chi connectivity index (χ2v) is 11.7. The van der Waals surface area contributed by atoms with Crippen molar-refractivity contribution in [1.82, 2.24) is 4.31 Å². The van der Waals surface area contributed by atoms with E-state index in [1.165, 1.54) is 27.9 Å². The van der Waals surface area contributed by atoms with Crippen LogP contribution in [0, 0.1) is 0 Å². The molecule has 1 fully saturated rings. The molecule has 1 saturated heterocycles. The summed E-state index contributed by atoms with van der Waals surface area (Å²) in [5, 5.41) is 2.73. The van der Waals surface area contributed by atoms with Gasteiger partial charge in [0, 0.05) is 37.8 Å². The maximum absolute atomic E-state index is 12.6. The van der Waals surface area contributed by atoms with Crippen molar-refractivity contribution in [2.24, 2.45) is 0 Å². The van der Waals surface area contributed by atoms with Crippen LogP contribution in [-0.4, -0.2) is 60.0 Å². The Hall–Kier alpha value is -2.63. The summed E-state index contributed by atoms with van der Waals surface area (Å²) in [4.78, 5) is 12.5. The Kier molecular flexibility index (Phi) is 7.98. The Balaban J connectivity index is 1.57. The Labute approximate surface area is 195 Å². The highest BCUT2D eigenvalue weighted by Crippen LogP contribution is 2.24. The number of methoxy groups -OCH3 is 1. The van der Waals surface area contributed by atoms with Crippen LogP contribution >= 0.6 is 0 Å². The average molecular weight is 496 g/mol. The number of benzene rings is 2. The summed E-state index contributed by atoms with van der Waals surface area (Å²) < 4.78 is 57.5. The molecule has 3 rings (SSSR count). The monoisotopic (exact) mass is 495 g/mol. The van der Waals surface area contributed by atoms with E-state index in [4.69, 9.17) is 4.74 Å². The first-order chi connectivity index (χ1) is 15.6. The van der Waals surface area contributed by atoms with Crippen molar-refractivity contribution < 1.29 is 26.4 Å². The van der Waals surface area contributed by atoms with Crippen molar-refractivity contribution in [3.8, 4) is 5.75 Å². The molecule has 1 heterocycles. The van der Waals surface area contributed by atoms with Crippen LogP contribution in [0.5, 0.6) is 5.75 Å². The predicted octanol–water partition coefficient (Wildman–Crippen LogP) is 2.66. The largest absolute Gasteiger partial charge is 0.497 e. The first kappa shape index (κ1) is 25.0. The summed E-state index contributed by atoms with van der Waals surface area (Å²) in [5.74, 6) is 0.248. The molecule has 0 saturated carbocycles. The fraction of sp³-hybridized carbons (Fsp3) is 0.409. The highest BCUT2D eigenvalue weighted by Gasteiger charge is 2.27. The van der Waals surface area contributed by atoms with Crippen LogP contribution in [0.2, 0.25) is 0 Å². The number of ether oxygens (including phenoxy) is 1. The molecular weight excluding hydrogens is 466 g/mol. The summed E-state index contributed by atoms with van der Waals surface area (Å²) in [7, 11) is -5.54. The lowest BCUT2D eigenvalue weighted by Gasteiger charge is -2.22. The van der Waals surface area contributed by atoms with E-state index in [0.29, 0.717) is 36.6 Å². The maximum Gasteiger partial charge on any atom is 0.243 e. The minimum atomic E-state index is -3.54. The Morgan fingerprint density at radius 2 is 1.73 bits per heavy atom. The van der Waals surface area contributed by atoms with E-state index in [2.05, 4.69) is 5.32 Å². The molecule has 1 amide bonds. The number of rotatable bonds is 10. The van der Waals surface area contributed by atoms with Crippen molar-refractivity contribution in [2.45, 2.75) is 30.6 Å². The fourth-order valence-corrected chi connectivity index (χ4v) is 6.12. The number of carbonyl (C=O) groups is 1. The van der Waals surface area contributed by atoms with Gasteiger partial charge in [-0.1, -0.05) is 6.07 Å². The summed E-state index contributed by atoms with van der Waals surface area (Å²) in [6.45, 7) is 1.19. The van der Waals surface area contributed by atoms with Gasteiger partial charge in [-0.3, -0.25) is 9.10 Å². The van der Waals surface area contributed by atoms with Gasteiger partial charge in [-0.25, -0.2) is 16.8 Å². The summed E-state index contributed by atoms with van der Waals surface area (Å²) in [6, 6.07) is 12.8. The molecule has 180 valence electrons. The molecule has 0 unspecified atom stereocenters. The van der Waals surface area contributed by atoms with E-state index >= 15 is 0 Å². The quantitative estimate of drug-likeness (QED) is 0.542. The van der Waals surface area contributed by atoms with Gasteiger partial charge in [0.25, 0.3) is 0 Å². The van der Waals surface area contributed by atoms with E-state index in [9.17, 15) is 21.6 Å². The first-order valence-electron chi connectivity index (χ1n) is 10.6. The van der Waals surface area contributed by atoms with Gasteiger partial charge in [-0.05, 0) is 55.7 Å². The lowest BCUT2D eigenvalue weighted by molar-refractivity contribution is -0.116. The van der Waals surface area contributed by atoms with Gasteiger partial charge in [0.05, 0.1) is 23.9 Å². The number of hydrogen-bond donors (Lipinski definition) is 1. The topological polar surface area (TPSA) is 113 Å². The van der Waals surface area contributed by atoms with Crippen LogP contribution in [0.4, 0.5) is 11.4 Å². The zero-order valence-electron chi connectivity index (χ0n) is 18.7. The predicted molar refractivity (Wildman–Crippen MR) is 127 cm³/mol. The lowest BCUT2D eigenvalue weighted by atomic mass is 10.2. The number of sulfonamides is 2. The van der Waals surface area contributed by atoms with Crippen LogP contribution < -0.4 is 14.4 Å². The minimum absolute atomic E-state index is 0.101. The number of carbonyl (C=O) groups excluding carboxylic acids is 1. The molecule has 0 radical (unpaired) electrons. The standard InChI is InChI=1S/C22H29N3O6S2/c1-31-20-8-5-7-19(17-20)25(32(2,27)28)16-6-9-22(26)23-18-10-12-21(13-11-18)33(29,30)24-14-3-4-15-24/h5,7-8,10-13,17H,3-4,6,9,14-16H2,1-2H3,(H,23,26). The third-order valence-electron chi connectivity index (χ3n) is 5.35. The number of nitrogens with one attached hydrogen (secondary N) is 1. The Morgan fingerprint density at radius 3 is 2.33 bits per heavy atom.